The molecule has 7 heteroatoms. The summed E-state index contributed by atoms with van der Waals surface area (Å²) in [6.07, 6.45) is 1.66. The summed E-state index contributed by atoms with van der Waals surface area (Å²) in [7, 11) is 0. The first-order valence-electron chi connectivity index (χ1n) is 8.74. The number of nitrogens with one attached hydrogen (secondary N) is 1. The topological polar surface area (TPSA) is 80.9 Å². The van der Waals surface area contributed by atoms with Gasteiger partial charge in [0.25, 0.3) is 5.91 Å². The Hall–Kier alpha value is -3.32. The monoisotopic (exact) mass is 390 g/mol. The van der Waals surface area contributed by atoms with E-state index in [1.165, 1.54) is 11.3 Å². The van der Waals surface area contributed by atoms with Gasteiger partial charge in [0, 0.05) is 29.6 Å². The van der Waals surface area contributed by atoms with Crippen molar-refractivity contribution in [3.8, 4) is 22.6 Å². The van der Waals surface area contributed by atoms with Gasteiger partial charge in [-0.25, -0.2) is 4.98 Å². The third-order valence-corrected chi connectivity index (χ3v) is 5.13. The first kappa shape index (κ1) is 18.1. The zero-order chi connectivity index (χ0) is 19.7. The standard InChI is InChI=1S/C21H18N4O2S/c1-12-4-5-15(19(26)23-21-22-8-9-28-21)11-18(12)17-7-6-16(10-13(17)2)20-25-24-14(3)27-20/h4-11H,1-3H3,(H,22,23,26). The van der Waals surface area contributed by atoms with Crippen molar-refractivity contribution in [3.05, 3.63) is 70.6 Å². The van der Waals surface area contributed by atoms with Crippen molar-refractivity contribution in [3.63, 3.8) is 0 Å². The van der Waals surface area contributed by atoms with Crippen LogP contribution in [0.25, 0.3) is 22.6 Å². The van der Waals surface area contributed by atoms with Crippen molar-refractivity contribution >= 4 is 22.4 Å². The van der Waals surface area contributed by atoms with Crippen molar-refractivity contribution in [2.75, 3.05) is 5.32 Å². The molecule has 0 spiro atoms. The van der Waals surface area contributed by atoms with Crippen LogP contribution in [0.4, 0.5) is 5.13 Å². The van der Waals surface area contributed by atoms with E-state index in [2.05, 4.69) is 20.5 Å². The largest absolute Gasteiger partial charge is 0.421 e. The number of carbonyl (C=O) groups is 1. The predicted octanol–water partition coefficient (Wildman–Crippen LogP) is 5.04. The first-order valence-corrected chi connectivity index (χ1v) is 9.62. The maximum atomic E-state index is 12.6. The Morgan fingerprint density at radius 3 is 2.54 bits per heavy atom. The quantitative estimate of drug-likeness (QED) is 0.528. The average Bonchev–Trinajstić information content (AvgIpc) is 3.34. The van der Waals surface area contributed by atoms with Crippen LogP contribution in [0, 0.1) is 20.8 Å². The first-order chi connectivity index (χ1) is 13.5. The number of benzene rings is 2. The predicted molar refractivity (Wildman–Crippen MR) is 109 cm³/mol. The molecule has 0 saturated carbocycles. The minimum atomic E-state index is -0.174. The molecule has 0 aliphatic heterocycles. The van der Waals surface area contributed by atoms with Gasteiger partial charge in [-0.15, -0.1) is 21.5 Å². The van der Waals surface area contributed by atoms with Crippen LogP contribution >= 0.6 is 11.3 Å². The molecule has 2 aromatic heterocycles. The fraction of sp³-hybridized carbons (Fsp3) is 0.143. The molecule has 0 aliphatic carbocycles. The van der Waals surface area contributed by atoms with E-state index in [9.17, 15) is 4.79 Å². The Morgan fingerprint density at radius 2 is 1.86 bits per heavy atom. The van der Waals surface area contributed by atoms with Crippen LogP contribution in [-0.2, 0) is 0 Å². The number of aromatic nitrogens is 3. The number of anilines is 1. The van der Waals surface area contributed by atoms with Crippen LogP contribution < -0.4 is 5.32 Å². The average molecular weight is 390 g/mol. The van der Waals surface area contributed by atoms with Gasteiger partial charge < -0.3 is 4.42 Å². The molecule has 0 radical (unpaired) electrons. The molecule has 0 bridgehead atoms. The highest BCUT2D eigenvalue weighted by Gasteiger charge is 2.14. The minimum absolute atomic E-state index is 0.174. The van der Waals surface area contributed by atoms with Crippen molar-refractivity contribution in [2.24, 2.45) is 0 Å². The summed E-state index contributed by atoms with van der Waals surface area (Å²) in [6, 6.07) is 11.7. The SMILES string of the molecule is Cc1nnc(-c2ccc(-c3cc(C(=O)Nc4nccs4)ccc3C)c(C)c2)o1. The molecule has 1 amide bonds. The zero-order valence-electron chi connectivity index (χ0n) is 15.7. The number of hydrogen-bond acceptors (Lipinski definition) is 6. The number of nitrogens with zero attached hydrogens (tertiary/aromatic N) is 3. The summed E-state index contributed by atoms with van der Waals surface area (Å²) in [4.78, 5) is 16.7. The Bertz CT molecular complexity index is 1150. The number of carbonyl (C=O) groups excluding carboxylic acids is 1. The molecular formula is C21H18N4O2S. The highest BCUT2D eigenvalue weighted by atomic mass is 32.1. The van der Waals surface area contributed by atoms with E-state index in [1.807, 2.05) is 55.6 Å². The number of thiazole rings is 1. The molecule has 2 aromatic carbocycles. The van der Waals surface area contributed by atoms with Crippen LogP contribution in [0.5, 0.6) is 0 Å². The maximum absolute atomic E-state index is 12.6. The van der Waals surface area contributed by atoms with Crippen molar-refractivity contribution in [1.82, 2.24) is 15.2 Å². The highest BCUT2D eigenvalue weighted by molar-refractivity contribution is 7.13. The second-order valence-corrected chi connectivity index (χ2v) is 7.37. The van der Waals surface area contributed by atoms with E-state index >= 15 is 0 Å². The van der Waals surface area contributed by atoms with Crippen molar-refractivity contribution in [1.29, 1.82) is 0 Å². The third-order valence-electron chi connectivity index (χ3n) is 4.44. The molecule has 0 aliphatic rings. The van der Waals surface area contributed by atoms with Gasteiger partial charge in [0.05, 0.1) is 0 Å². The Morgan fingerprint density at radius 1 is 1.00 bits per heavy atom. The van der Waals surface area contributed by atoms with Crippen LogP contribution in [0.15, 0.2) is 52.4 Å². The van der Waals surface area contributed by atoms with Gasteiger partial charge in [-0.3, -0.25) is 10.1 Å². The molecule has 4 aromatic rings. The molecule has 0 saturated heterocycles. The molecule has 4 rings (SSSR count). The van der Waals surface area contributed by atoms with Gasteiger partial charge in [-0.2, -0.15) is 0 Å². The molecule has 28 heavy (non-hydrogen) atoms. The summed E-state index contributed by atoms with van der Waals surface area (Å²) in [5, 5.41) is 13.2. The molecule has 140 valence electrons. The molecular weight excluding hydrogens is 372 g/mol. The second-order valence-electron chi connectivity index (χ2n) is 6.48. The van der Waals surface area contributed by atoms with Gasteiger partial charge in [0.2, 0.25) is 11.8 Å². The van der Waals surface area contributed by atoms with Crippen LogP contribution in [0.1, 0.15) is 27.4 Å². The number of amides is 1. The van der Waals surface area contributed by atoms with E-state index in [-0.39, 0.29) is 5.91 Å². The molecule has 0 unspecified atom stereocenters. The van der Waals surface area contributed by atoms with Gasteiger partial charge in [-0.1, -0.05) is 12.1 Å². The van der Waals surface area contributed by atoms with Crippen molar-refractivity contribution in [2.45, 2.75) is 20.8 Å². The summed E-state index contributed by atoms with van der Waals surface area (Å²) < 4.78 is 5.51. The van der Waals surface area contributed by atoms with Gasteiger partial charge in [-0.05, 0) is 60.4 Å². The Balaban J connectivity index is 1.67. The molecule has 6 nitrogen and oxygen atoms in total. The Kier molecular flexibility index (Phi) is 4.75. The van der Waals surface area contributed by atoms with Gasteiger partial charge >= 0.3 is 0 Å². The second kappa shape index (κ2) is 7.36. The van der Waals surface area contributed by atoms with E-state index < -0.39 is 0 Å². The van der Waals surface area contributed by atoms with E-state index in [0.717, 1.165) is 27.8 Å². The zero-order valence-corrected chi connectivity index (χ0v) is 16.5. The van der Waals surface area contributed by atoms with Gasteiger partial charge in [0.1, 0.15) is 0 Å². The lowest BCUT2D eigenvalue weighted by Gasteiger charge is -2.12. The molecule has 1 N–H and O–H groups in total. The highest BCUT2D eigenvalue weighted by Crippen LogP contribution is 2.31. The summed E-state index contributed by atoms with van der Waals surface area (Å²) in [6.45, 7) is 5.83. The summed E-state index contributed by atoms with van der Waals surface area (Å²) in [5.74, 6) is 0.860. The summed E-state index contributed by atoms with van der Waals surface area (Å²) in [5.41, 5.74) is 5.69. The Labute approximate surface area is 166 Å². The lowest BCUT2D eigenvalue weighted by Crippen LogP contribution is -2.11. The smallest absolute Gasteiger partial charge is 0.257 e. The molecule has 0 fully saturated rings. The van der Waals surface area contributed by atoms with E-state index in [4.69, 9.17) is 4.42 Å². The fourth-order valence-corrected chi connectivity index (χ4v) is 3.54. The van der Waals surface area contributed by atoms with Crippen molar-refractivity contribution < 1.29 is 9.21 Å². The molecule has 2 heterocycles. The lowest BCUT2D eigenvalue weighted by atomic mass is 9.93. The fourth-order valence-electron chi connectivity index (χ4n) is 3.02. The normalized spacial score (nSPS) is 10.8. The van der Waals surface area contributed by atoms with Crippen LogP contribution in [0.3, 0.4) is 0 Å². The third kappa shape index (κ3) is 3.57. The lowest BCUT2D eigenvalue weighted by molar-refractivity contribution is 0.102. The van der Waals surface area contributed by atoms with Crippen LogP contribution in [-0.4, -0.2) is 21.1 Å². The maximum Gasteiger partial charge on any atom is 0.257 e. The van der Waals surface area contributed by atoms with E-state index in [1.54, 1.807) is 13.1 Å². The summed E-state index contributed by atoms with van der Waals surface area (Å²) >= 11 is 1.39. The number of aryl methyl sites for hydroxylation is 3. The number of rotatable bonds is 4. The van der Waals surface area contributed by atoms with E-state index in [0.29, 0.717) is 22.5 Å². The van der Waals surface area contributed by atoms with Gasteiger partial charge in [0.15, 0.2) is 5.13 Å². The minimum Gasteiger partial charge on any atom is -0.421 e. The number of hydrogen-bond donors (Lipinski definition) is 1. The van der Waals surface area contributed by atoms with Crippen LogP contribution in [0.2, 0.25) is 0 Å². The molecule has 0 atom stereocenters.